The number of hydrogen-bond acceptors (Lipinski definition) is 4. The van der Waals surface area contributed by atoms with Gasteiger partial charge in [0, 0.05) is 12.0 Å². The van der Waals surface area contributed by atoms with Crippen LogP contribution in [0.15, 0.2) is 18.2 Å². The van der Waals surface area contributed by atoms with Gasteiger partial charge in [-0.05, 0) is 24.6 Å². The molecule has 0 bridgehead atoms. The minimum absolute atomic E-state index is 0.0734. The highest BCUT2D eigenvalue weighted by atomic mass is 35.5. The molecule has 0 heterocycles. The molecule has 0 spiro atoms. The van der Waals surface area contributed by atoms with E-state index in [0.29, 0.717) is 11.8 Å². The Bertz CT molecular complexity index is 468. The van der Waals surface area contributed by atoms with Gasteiger partial charge in [0.25, 0.3) is 0 Å². The largest absolute Gasteiger partial charge is 0.462 e. The van der Waals surface area contributed by atoms with Gasteiger partial charge >= 0.3 is 5.97 Å². The number of carbonyl (C=O) groups is 3. The van der Waals surface area contributed by atoms with E-state index in [2.05, 4.69) is 0 Å². The first-order valence-corrected chi connectivity index (χ1v) is 5.98. The van der Waals surface area contributed by atoms with Crippen LogP contribution in [0.25, 0.3) is 0 Å². The van der Waals surface area contributed by atoms with Gasteiger partial charge in [0.05, 0.1) is 18.1 Å². The Morgan fingerprint density at radius 3 is 2.67 bits per heavy atom. The fraction of sp³-hybridized carbons (Fsp3) is 0.308. The molecule has 0 radical (unpaired) electrons. The molecule has 0 saturated carbocycles. The van der Waals surface area contributed by atoms with Gasteiger partial charge in [-0.2, -0.15) is 0 Å². The Morgan fingerprint density at radius 1 is 1.39 bits per heavy atom. The first kappa shape index (κ1) is 14.4. The Morgan fingerprint density at radius 2 is 2.11 bits per heavy atom. The van der Waals surface area contributed by atoms with Gasteiger partial charge in [0.15, 0.2) is 12.1 Å². The minimum atomic E-state index is -0.546. The Kier molecular flexibility index (Phi) is 5.52. The molecule has 0 unspecified atom stereocenters. The van der Waals surface area contributed by atoms with Crippen molar-refractivity contribution in [3.05, 3.63) is 34.9 Å². The average molecular weight is 269 g/mol. The van der Waals surface area contributed by atoms with Gasteiger partial charge in [-0.25, -0.2) is 4.79 Å². The van der Waals surface area contributed by atoms with Gasteiger partial charge in [0.1, 0.15) is 0 Å². The van der Waals surface area contributed by atoms with Crippen molar-refractivity contribution in [3.63, 3.8) is 0 Å². The second-order valence-corrected chi connectivity index (χ2v) is 3.88. The van der Waals surface area contributed by atoms with Crippen LogP contribution in [0, 0.1) is 0 Å². The van der Waals surface area contributed by atoms with E-state index < -0.39 is 5.97 Å². The summed E-state index contributed by atoms with van der Waals surface area (Å²) in [4.78, 5) is 33.7. The van der Waals surface area contributed by atoms with Crippen molar-refractivity contribution in [2.24, 2.45) is 0 Å². The zero-order valence-electron chi connectivity index (χ0n) is 9.94. The Labute approximate surface area is 110 Å². The number of ether oxygens (including phenoxy) is 1. The normalized spacial score (nSPS) is 9.89. The molecule has 1 aromatic rings. The second-order valence-electron chi connectivity index (χ2n) is 3.61. The summed E-state index contributed by atoms with van der Waals surface area (Å²) in [7, 11) is 0. The molecule has 0 aliphatic carbocycles. The van der Waals surface area contributed by atoms with Crippen molar-refractivity contribution in [1.82, 2.24) is 0 Å². The van der Waals surface area contributed by atoms with Crippen LogP contribution in [0.3, 0.4) is 0 Å². The Hall–Kier alpha value is -1.68. The number of esters is 1. The van der Waals surface area contributed by atoms with E-state index in [1.165, 1.54) is 12.1 Å². The summed E-state index contributed by atoms with van der Waals surface area (Å²) in [5.74, 6) is -0.761. The number of aldehydes is 1. The fourth-order valence-electron chi connectivity index (χ4n) is 1.49. The highest BCUT2D eigenvalue weighted by Gasteiger charge is 2.13. The topological polar surface area (TPSA) is 60.4 Å². The lowest BCUT2D eigenvalue weighted by Crippen LogP contribution is -2.10. The smallest absolute Gasteiger partial charge is 0.338 e. The molecule has 0 fully saturated rings. The van der Waals surface area contributed by atoms with Crippen molar-refractivity contribution in [2.75, 3.05) is 12.5 Å². The van der Waals surface area contributed by atoms with Gasteiger partial charge in [0.2, 0.25) is 0 Å². The van der Waals surface area contributed by atoms with E-state index in [1.807, 2.05) is 0 Å². The molecule has 1 aromatic carbocycles. The van der Waals surface area contributed by atoms with E-state index in [4.69, 9.17) is 16.3 Å². The number of alkyl halides is 1. The minimum Gasteiger partial charge on any atom is -0.462 e. The molecule has 0 amide bonds. The van der Waals surface area contributed by atoms with Crippen LogP contribution in [0.4, 0.5) is 0 Å². The molecule has 18 heavy (non-hydrogen) atoms. The highest BCUT2D eigenvalue weighted by molar-refractivity contribution is 6.27. The fourth-order valence-corrected chi connectivity index (χ4v) is 1.58. The SMILES string of the molecule is CCOC(=O)c1ccc(CC(=O)CCl)cc1C=O. The van der Waals surface area contributed by atoms with Crippen molar-refractivity contribution in [3.8, 4) is 0 Å². The predicted octanol–water partition coefficient (Wildman–Crippen LogP) is 2.03. The summed E-state index contributed by atoms with van der Waals surface area (Å²) in [5, 5.41) is 0. The monoisotopic (exact) mass is 268 g/mol. The summed E-state index contributed by atoms with van der Waals surface area (Å²) in [5.41, 5.74) is 1.07. The molecule has 5 heteroatoms. The molecule has 0 atom stereocenters. The number of benzene rings is 1. The van der Waals surface area contributed by atoms with Gasteiger partial charge in [-0.1, -0.05) is 6.07 Å². The average Bonchev–Trinajstić information content (AvgIpc) is 2.38. The van der Waals surface area contributed by atoms with E-state index in [1.54, 1.807) is 13.0 Å². The summed E-state index contributed by atoms with van der Waals surface area (Å²) in [6.45, 7) is 1.93. The van der Waals surface area contributed by atoms with Crippen molar-refractivity contribution >= 4 is 29.6 Å². The first-order chi connectivity index (χ1) is 8.62. The van der Waals surface area contributed by atoms with Crippen LogP contribution in [0.2, 0.25) is 0 Å². The molecule has 4 nitrogen and oxygen atoms in total. The zero-order chi connectivity index (χ0) is 13.5. The van der Waals surface area contributed by atoms with Gasteiger partial charge < -0.3 is 4.74 Å². The summed E-state index contributed by atoms with van der Waals surface area (Å²) in [6, 6.07) is 4.60. The molecular weight excluding hydrogens is 256 g/mol. The predicted molar refractivity (Wildman–Crippen MR) is 67.2 cm³/mol. The maximum absolute atomic E-state index is 11.5. The summed E-state index contributed by atoms with van der Waals surface area (Å²) >= 11 is 5.41. The van der Waals surface area contributed by atoms with Crippen LogP contribution in [-0.4, -0.2) is 30.5 Å². The zero-order valence-corrected chi connectivity index (χ0v) is 10.7. The van der Waals surface area contributed by atoms with Crippen LogP contribution >= 0.6 is 11.6 Å². The van der Waals surface area contributed by atoms with Crippen LogP contribution in [-0.2, 0) is 16.0 Å². The number of rotatable bonds is 6. The molecule has 96 valence electrons. The first-order valence-electron chi connectivity index (χ1n) is 5.45. The lowest BCUT2D eigenvalue weighted by atomic mass is 10.0. The number of Topliss-reactive ketones (excluding diaryl/α,β-unsaturated/α-hetero) is 1. The lowest BCUT2D eigenvalue weighted by molar-refractivity contribution is -0.116. The van der Waals surface area contributed by atoms with E-state index in [9.17, 15) is 14.4 Å². The third-order valence-corrected chi connectivity index (χ3v) is 2.59. The van der Waals surface area contributed by atoms with E-state index in [-0.39, 0.29) is 35.8 Å². The molecule has 0 saturated heterocycles. The van der Waals surface area contributed by atoms with Crippen LogP contribution in [0.5, 0.6) is 0 Å². The third-order valence-electron chi connectivity index (χ3n) is 2.29. The standard InChI is InChI=1S/C13H13ClO4/c1-2-18-13(17)12-4-3-9(5-10(12)8-15)6-11(16)7-14/h3-5,8H,2,6-7H2,1H3. The van der Waals surface area contributed by atoms with E-state index in [0.717, 1.165) is 0 Å². The van der Waals surface area contributed by atoms with Gasteiger partial charge in [-0.15, -0.1) is 11.6 Å². The number of halogens is 1. The maximum Gasteiger partial charge on any atom is 0.338 e. The molecular formula is C13H13ClO4. The number of hydrogen-bond donors (Lipinski definition) is 0. The van der Waals surface area contributed by atoms with Crippen LogP contribution in [0.1, 0.15) is 33.2 Å². The van der Waals surface area contributed by atoms with Crippen LogP contribution < -0.4 is 0 Å². The van der Waals surface area contributed by atoms with Crippen molar-refractivity contribution in [1.29, 1.82) is 0 Å². The molecule has 1 rings (SSSR count). The lowest BCUT2D eigenvalue weighted by Gasteiger charge is -2.06. The highest BCUT2D eigenvalue weighted by Crippen LogP contribution is 2.13. The quantitative estimate of drug-likeness (QED) is 0.450. The maximum atomic E-state index is 11.5. The molecule has 0 aromatic heterocycles. The van der Waals surface area contributed by atoms with Gasteiger partial charge in [-0.3, -0.25) is 9.59 Å². The van der Waals surface area contributed by atoms with Crippen molar-refractivity contribution in [2.45, 2.75) is 13.3 Å². The molecule has 0 aliphatic rings. The summed E-state index contributed by atoms with van der Waals surface area (Å²) in [6.07, 6.45) is 0.717. The molecule has 0 N–H and O–H groups in total. The second kappa shape index (κ2) is 6.91. The third kappa shape index (κ3) is 3.67. The van der Waals surface area contributed by atoms with E-state index >= 15 is 0 Å². The summed E-state index contributed by atoms with van der Waals surface area (Å²) < 4.78 is 4.83. The Balaban J connectivity index is 3.00. The number of carbonyl (C=O) groups excluding carboxylic acids is 3. The van der Waals surface area contributed by atoms with Crippen molar-refractivity contribution < 1.29 is 19.1 Å². The molecule has 0 aliphatic heterocycles. The number of ketones is 1.